The minimum atomic E-state index is -0.0167. The Hall–Kier alpha value is -2.63. The van der Waals surface area contributed by atoms with Crippen molar-refractivity contribution in [3.05, 3.63) is 46.9 Å². The van der Waals surface area contributed by atoms with Gasteiger partial charge in [-0.15, -0.1) is 0 Å². The molecule has 2 aliphatic heterocycles. The van der Waals surface area contributed by atoms with Gasteiger partial charge in [0.1, 0.15) is 17.7 Å². The van der Waals surface area contributed by atoms with Crippen LogP contribution in [-0.4, -0.2) is 35.1 Å². The number of fused-ring (bicyclic) bond motifs is 1. The Bertz CT molecular complexity index is 811. The summed E-state index contributed by atoms with van der Waals surface area (Å²) in [4.78, 5) is 23.2. The van der Waals surface area contributed by atoms with E-state index in [1.807, 2.05) is 31.3 Å². The number of hydrogen-bond donors (Lipinski definition) is 1. The summed E-state index contributed by atoms with van der Waals surface area (Å²) < 4.78 is 6.09. The van der Waals surface area contributed by atoms with E-state index >= 15 is 0 Å². The maximum Gasteiger partial charge on any atom is 0.253 e. The van der Waals surface area contributed by atoms with Crippen LogP contribution >= 0.6 is 0 Å². The molecular formula is C20H24N4O2. The number of nitrogens with zero attached hydrogens (tertiary/aromatic N) is 3. The smallest absolute Gasteiger partial charge is 0.253 e. The summed E-state index contributed by atoms with van der Waals surface area (Å²) in [5.74, 6) is 1.82. The SMILES string of the molecule is CCc1ccc(OC2CCN(c3nc4c(cc3C)C(=O)NC4)CC2)cn1. The van der Waals surface area contributed by atoms with E-state index in [0.29, 0.717) is 12.1 Å². The minimum Gasteiger partial charge on any atom is -0.489 e. The highest BCUT2D eigenvalue weighted by Gasteiger charge is 2.26. The summed E-state index contributed by atoms with van der Waals surface area (Å²) in [5.41, 5.74) is 3.71. The van der Waals surface area contributed by atoms with Crippen LogP contribution in [0, 0.1) is 6.92 Å². The third-order valence-electron chi connectivity index (χ3n) is 5.13. The number of nitrogens with one attached hydrogen (secondary N) is 1. The van der Waals surface area contributed by atoms with Gasteiger partial charge in [0.25, 0.3) is 5.91 Å². The zero-order valence-electron chi connectivity index (χ0n) is 15.3. The molecule has 0 aromatic carbocycles. The van der Waals surface area contributed by atoms with E-state index in [-0.39, 0.29) is 12.0 Å². The Morgan fingerprint density at radius 2 is 2.12 bits per heavy atom. The van der Waals surface area contributed by atoms with Gasteiger partial charge in [-0.25, -0.2) is 4.98 Å². The molecule has 6 nitrogen and oxygen atoms in total. The first-order valence-corrected chi connectivity index (χ1v) is 9.29. The van der Waals surface area contributed by atoms with Crippen LogP contribution in [0.25, 0.3) is 0 Å². The molecule has 2 aromatic rings. The number of hydrogen-bond acceptors (Lipinski definition) is 5. The van der Waals surface area contributed by atoms with Crippen molar-refractivity contribution in [1.29, 1.82) is 0 Å². The molecule has 1 N–H and O–H groups in total. The largest absolute Gasteiger partial charge is 0.489 e. The average Bonchev–Trinajstić information content (AvgIpc) is 3.02. The van der Waals surface area contributed by atoms with Gasteiger partial charge in [0.15, 0.2) is 0 Å². The van der Waals surface area contributed by atoms with Crippen LogP contribution in [-0.2, 0) is 13.0 Å². The first-order valence-electron chi connectivity index (χ1n) is 9.29. The number of aromatic nitrogens is 2. The molecule has 1 saturated heterocycles. The summed E-state index contributed by atoms with van der Waals surface area (Å²) >= 11 is 0. The van der Waals surface area contributed by atoms with E-state index in [1.54, 1.807) is 0 Å². The van der Waals surface area contributed by atoms with Crippen molar-refractivity contribution in [2.24, 2.45) is 0 Å². The highest BCUT2D eigenvalue weighted by molar-refractivity contribution is 5.98. The summed E-state index contributed by atoms with van der Waals surface area (Å²) in [7, 11) is 0. The summed E-state index contributed by atoms with van der Waals surface area (Å²) in [6.07, 6.45) is 4.86. The van der Waals surface area contributed by atoms with Crippen molar-refractivity contribution < 1.29 is 9.53 Å². The fourth-order valence-corrected chi connectivity index (χ4v) is 3.62. The van der Waals surface area contributed by atoms with Gasteiger partial charge in [0.05, 0.1) is 24.0 Å². The number of amides is 1. The Labute approximate surface area is 153 Å². The number of pyridine rings is 2. The fourth-order valence-electron chi connectivity index (χ4n) is 3.62. The number of aryl methyl sites for hydroxylation is 2. The molecular weight excluding hydrogens is 328 g/mol. The topological polar surface area (TPSA) is 67.3 Å². The summed E-state index contributed by atoms with van der Waals surface area (Å²) in [6.45, 7) is 6.46. The van der Waals surface area contributed by atoms with Gasteiger partial charge in [-0.3, -0.25) is 9.78 Å². The van der Waals surface area contributed by atoms with E-state index in [9.17, 15) is 4.79 Å². The Balaban J connectivity index is 1.40. The van der Waals surface area contributed by atoms with E-state index in [2.05, 4.69) is 22.1 Å². The number of piperidine rings is 1. The monoisotopic (exact) mass is 352 g/mol. The molecule has 136 valence electrons. The fraction of sp³-hybridized carbons (Fsp3) is 0.450. The molecule has 0 spiro atoms. The molecule has 0 atom stereocenters. The van der Waals surface area contributed by atoms with Crippen molar-refractivity contribution in [2.45, 2.75) is 45.8 Å². The van der Waals surface area contributed by atoms with Crippen molar-refractivity contribution in [3.8, 4) is 5.75 Å². The van der Waals surface area contributed by atoms with Crippen LogP contribution in [0.15, 0.2) is 24.4 Å². The quantitative estimate of drug-likeness (QED) is 0.916. The first kappa shape index (κ1) is 16.8. The van der Waals surface area contributed by atoms with Crippen molar-refractivity contribution in [3.63, 3.8) is 0 Å². The normalized spacial score (nSPS) is 17.2. The highest BCUT2D eigenvalue weighted by atomic mass is 16.5. The predicted octanol–water partition coefficient (Wildman–Crippen LogP) is 2.64. The van der Waals surface area contributed by atoms with Crippen molar-refractivity contribution in [2.75, 3.05) is 18.0 Å². The van der Waals surface area contributed by atoms with Gasteiger partial charge < -0.3 is 15.0 Å². The molecule has 0 aliphatic carbocycles. The lowest BCUT2D eigenvalue weighted by atomic mass is 10.1. The molecule has 2 aromatic heterocycles. The molecule has 4 heterocycles. The maximum absolute atomic E-state index is 11.8. The second-order valence-corrected chi connectivity index (χ2v) is 6.95. The van der Waals surface area contributed by atoms with Gasteiger partial charge in [0.2, 0.25) is 0 Å². The highest BCUT2D eigenvalue weighted by Crippen LogP contribution is 2.27. The molecule has 0 radical (unpaired) electrons. The third-order valence-corrected chi connectivity index (χ3v) is 5.13. The zero-order chi connectivity index (χ0) is 18.1. The number of anilines is 1. The number of carbonyl (C=O) groups excluding carboxylic acids is 1. The molecule has 2 aliphatic rings. The zero-order valence-corrected chi connectivity index (χ0v) is 15.3. The molecule has 4 rings (SSSR count). The van der Waals surface area contributed by atoms with Crippen LogP contribution in [0.1, 0.15) is 47.1 Å². The summed E-state index contributed by atoms with van der Waals surface area (Å²) in [5, 5.41) is 2.84. The minimum absolute atomic E-state index is 0.0167. The van der Waals surface area contributed by atoms with Crippen LogP contribution in [0.2, 0.25) is 0 Å². The predicted molar refractivity (Wildman–Crippen MR) is 99.6 cm³/mol. The molecule has 1 amide bonds. The second kappa shape index (κ2) is 6.94. The van der Waals surface area contributed by atoms with Gasteiger partial charge in [0, 0.05) is 31.6 Å². The van der Waals surface area contributed by atoms with Crippen LogP contribution in [0.5, 0.6) is 5.75 Å². The van der Waals surface area contributed by atoms with E-state index in [4.69, 9.17) is 9.72 Å². The Kier molecular flexibility index (Phi) is 4.49. The van der Waals surface area contributed by atoms with Crippen LogP contribution in [0.4, 0.5) is 5.82 Å². The second-order valence-electron chi connectivity index (χ2n) is 6.95. The van der Waals surface area contributed by atoms with Gasteiger partial charge >= 0.3 is 0 Å². The standard InChI is InChI=1S/C20H24N4O2/c1-3-14-4-5-16(11-21-14)26-15-6-8-24(9-7-15)19-13(2)10-17-18(23-19)12-22-20(17)25/h4-5,10-11,15H,3,6-9,12H2,1-2H3,(H,22,25). The molecule has 1 fully saturated rings. The molecule has 0 saturated carbocycles. The Morgan fingerprint density at radius 3 is 2.81 bits per heavy atom. The number of rotatable bonds is 4. The van der Waals surface area contributed by atoms with E-state index in [0.717, 1.165) is 60.9 Å². The van der Waals surface area contributed by atoms with E-state index < -0.39 is 0 Å². The van der Waals surface area contributed by atoms with Gasteiger partial charge in [-0.2, -0.15) is 0 Å². The first-order chi connectivity index (χ1) is 12.6. The van der Waals surface area contributed by atoms with Gasteiger partial charge in [-0.1, -0.05) is 6.92 Å². The molecule has 26 heavy (non-hydrogen) atoms. The molecule has 0 unspecified atom stereocenters. The lowest BCUT2D eigenvalue weighted by molar-refractivity contribution is 0.0965. The maximum atomic E-state index is 11.8. The average molecular weight is 352 g/mol. The van der Waals surface area contributed by atoms with Crippen molar-refractivity contribution in [1.82, 2.24) is 15.3 Å². The number of carbonyl (C=O) groups is 1. The van der Waals surface area contributed by atoms with Crippen molar-refractivity contribution >= 4 is 11.7 Å². The lowest BCUT2D eigenvalue weighted by Gasteiger charge is -2.33. The number of ether oxygens (including phenoxy) is 1. The summed E-state index contributed by atoms with van der Waals surface area (Å²) in [6, 6.07) is 6.00. The van der Waals surface area contributed by atoms with Crippen LogP contribution < -0.4 is 15.0 Å². The molecule has 0 bridgehead atoms. The lowest BCUT2D eigenvalue weighted by Crippen LogP contribution is -2.39. The van der Waals surface area contributed by atoms with Gasteiger partial charge in [-0.05, 0) is 37.1 Å². The third kappa shape index (κ3) is 3.23. The molecule has 6 heteroatoms. The Morgan fingerprint density at radius 1 is 1.31 bits per heavy atom. The van der Waals surface area contributed by atoms with Crippen LogP contribution in [0.3, 0.4) is 0 Å². The van der Waals surface area contributed by atoms with E-state index in [1.165, 1.54) is 0 Å².